The van der Waals surface area contributed by atoms with Crippen LogP contribution in [0.1, 0.15) is 0 Å². The number of alkyl halides is 3. The first kappa shape index (κ1) is 14.1. The number of nitrogens with zero attached hydrogens (tertiary/aromatic N) is 1. The number of sulfone groups is 1. The Hall–Kier alpha value is -1.28. The second kappa shape index (κ2) is 4.68. The number of likely N-dealkylation sites (N-methyl/N-ethyl adjacent to an activating group) is 1. The molecule has 1 aromatic rings. The molecule has 0 unspecified atom stereocenters. The van der Waals surface area contributed by atoms with E-state index < -0.39 is 20.2 Å². The van der Waals surface area contributed by atoms with E-state index in [1.807, 2.05) is 0 Å². The summed E-state index contributed by atoms with van der Waals surface area (Å²) < 4.78 is 61.0. The summed E-state index contributed by atoms with van der Waals surface area (Å²) in [5.74, 6) is 0. The first-order chi connectivity index (χ1) is 8.75. The molecule has 1 N–H and O–H groups in total. The fourth-order valence-electron chi connectivity index (χ4n) is 1.84. The van der Waals surface area contributed by atoms with Crippen LogP contribution < -0.4 is 10.2 Å². The van der Waals surface area contributed by atoms with E-state index in [0.29, 0.717) is 13.1 Å². The molecule has 106 valence electrons. The van der Waals surface area contributed by atoms with Gasteiger partial charge in [0.15, 0.2) is 0 Å². The summed E-state index contributed by atoms with van der Waals surface area (Å²) in [5, 5.41) is 2.99. The van der Waals surface area contributed by atoms with Crippen molar-refractivity contribution < 1.29 is 21.6 Å². The maximum atomic E-state index is 12.6. The first-order valence-electron chi connectivity index (χ1n) is 5.59. The van der Waals surface area contributed by atoms with E-state index in [9.17, 15) is 21.6 Å². The average molecular weight is 294 g/mol. The predicted molar refractivity (Wildman–Crippen MR) is 64.7 cm³/mol. The second-order valence-electron chi connectivity index (χ2n) is 4.34. The highest BCUT2D eigenvalue weighted by Crippen LogP contribution is 2.36. The van der Waals surface area contributed by atoms with Crippen LogP contribution in [-0.4, -0.2) is 40.1 Å². The Bertz CT molecular complexity index is 568. The number of hydrogen-bond acceptors (Lipinski definition) is 4. The summed E-state index contributed by atoms with van der Waals surface area (Å²) in [5.41, 5.74) is -5.21. The van der Waals surface area contributed by atoms with Gasteiger partial charge >= 0.3 is 5.51 Å². The van der Waals surface area contributed by atoms with E-state index in [2.05, 4.69) is 5.32 Å². The average Bonchev–Trinajstić information content (AvgIpc) is 2.25. The van der Waals surface area contributed by atoms with E-state index >= 15 is 0 Å². The lowest BCUT2D eigenvalue weighted by Gasteiger charge is -2.37. The number of rotatable bonds is 3. The standard InChI is InChI=1S/C11H13F3N2O2S/c1-16(8-6-15-7-8)9-4-2-3-5-10(9)19(17,18)11(12,13)14/h2-5,8,15H,6-7H2,1H3. The SMILES string of the molecule is CN(c1ccccc1S(=O)(=O)C(F)(F)F)C1CNC1. The van der Waals surface area contributed by atoms with E-state index in [4.69, 9.17) is 0 Å². The van der Waals surface area contributed by atoms with E-state index in [1.54, 1.807) is 11.9 Å². The van der Waals surface area contributed by atoms with Crippen LogP contribution in [0.5, 0.6) is 0 Å². The summed E-state index contributed by atoms with van der Waals surface area (Å²) in [4.78, 5) is 0.867. The molecule has 0 aromatic heterocycles. The highest BCUT2D eigenvalue weighted by Gasteiger charge is 2.48. The van der Waals surface area contributed by atoms with Crippen molar-refractivity contribution in [1.82, 2.24) is 5.32 Å². The number of halogens is 3. The molecule has 0 amide bonds. The zero-order valence-corrected chi connectivity index (χ0v) is 10.9. The van der Waals surface area contributed by atoms with E-state index in [0.717, 1.165) is 6.07 Å². The van der Waals surface area contributed by atoms with Gasteiger partial charge in [-0.05, 0) is 12.1 Å². The third kappa shape index (κ3) is 2.42. The Morgan fingerprint density at radius 2 is 1.84 bits per heavy atom. The van der Waals surface area contributed by atoms with Crippen molar-refractivity contribution in [3.05, 3.63) is 24.3 Å². The predicted octanol–water partition coefficient (Wildman–Crippen LogP) is 1.39. The molecule has 1 fully saturated rings. The Morgan fingerprint density at radius 1 is 1.26 bits per heavy atom. The van der Waals surface area contributed by atoms with Gasteiger partial charge < -0.3 is 10.2 Å². The molecule has 0 aliphatic carbocycles. The minimum atomic E-state index is -5.33. The van der Waals surface area contributed by atoms with Gasteiger partial charge in [0.25, 0.3) is 9.84 Å². The minimum Gasteiger partial charge on any atom is -0.368 e. The van der Waals surface area contributed by atoms with Gasteiger partial charge in [-0.15, -0.1) is 0 Å². The molecule has 0 spiro atoms. The molecule has 1 aliphatic rings. The summed E-state index contributed by atoms with van der Waals surface area (Å²) in [7, 11) is -3.74. The van der Waals surface area contributed by atoms with Crippen LogP contribution in [-0.2, 0) is 9.84 Å². The molecule has 8 heteroatoms. The van der Waals surface area contributed by atoms with Gasteiger partial charge in [-0.2, -0.15) is 13.2 Å². The number of hydrogen-bond donors (Lipinski definition) is 1. The summed E-state index contributed by atoms with van der Waals surface area (Å²) >= 11 is 0. The van der Waals surface area contributed by atoms with Crippen molar-refractivity contribution in [3.63, 3.8) is 0 Å². The molecule has 2 rings (SSSR count). The molecule has 0 radical (unpaired) electrons. The minimum absolute atomic E-state index is 0.00424. The molecular weight excluding hydrogens is 281 g/mol. The van der Waals surface area contributed by atoms with Crippen LogP contribution >= 0.6 is 0 Å². The monoisotopic (exact) mass is 294 g/mol. The third-order valence-corrected chi connectivity index (χ3v) is 4.68. The fourth-order valence-corrected chi connectivity index (χ4v) is 2.84. The largest absolute Gasteiger partial charge is 0.501 e. The van der Waals surface area contributed by atoms with Crippen molar-refractivity contribution in [2.24, 2.45) is 0 Å². The molecule has 1 aromatic carbocycles. The zero-order chi connectivity index (χ0) is 14.3. The normalized spacial score (nSPS) is 17.1. The number of nitrogens with one attached hydrogen (secondary N) is 1. The molecule has 1 saturated heterocycles. The molecule has 1 aliphatic heterocycles. The second-order valence-corrected chi connectivity index (χ2v) is 6.25. The van der Waals surface area contributed by atoms with Gasteiger partial charge in [-0.25, -0.2) is 8.42 Å². The Balaban J connectivity index is 2.47. The van der Waals surface area contributed by atoms with Gasteiger partial charge in [0, 0.05) is 20.1 Å². The molecule has 0 atom stereocenters. The molecule has 1 heterocycles. The molecule has 0 saturated carbocycles. The summed E-state index contributed by atoms with van der Waals surface area (Å²) in [6.45, 7) is 1.24. The topological polar surface area (TPSA) is 49.4 Å². The molecule has 19 heavy (non-hydrogen) atoms. The Labute approximate surface area is 109 Å². The summed E-state index contributed by atoms with van der Waals surface area (Å²) in [6, 6.07) is 5.18. The van der Waals surface area contributed by atoms with Crippen LogP contribution in [0.25, 0.3) is 0 Å². The lowest BCUT2D eigenvalue weighted by atomic mass is 10.1. The van der Waals surface area contributed by atoms with Gasteiger partial charge in [0.1, 0.15) is 0 Å². The highest BCUT2D eigenvalue weighted by atomic mass is 32.2. The zero-order valence-electron chi connectivity index (χ0n) is 10.1. The van der Waals surface area contributed by atoms with Crippen molar-refractivity contribution in [2.75, 3.05) is 25.0 Å². The Morgan fingerprint density at radius 3 is 2.32 bits per heavy atom. The lowest BCUT2D eigenvalue weighted by Crippen LogP contribution is -2.56. The van der Waals surface area contributed by atoms with Gasteiger partial charge in [-0.3, -0.25) is 0 Å². The van der Waals surface area contributed by atoms with Crippen molar-refractivity contribution in [1.29, 1.82) is 0 Å². The first-order valence-corrected chi connectivity index (χ1v) is 7.07. The lowest BCUT2D eigenvalue weighted by molar-refractivity contribution is -0.0435. The number of benzene rings is 1. The van der Waals surface area contributed by atoms with Crippen LogP contribution in [0.2, 0.25) is 0 Å². The highest BCUT2D eigenvalue weighted by molar-refractivity contribution is 7.92. The van der Waals surface area contributed by atoms with E-state index in [-0.39, 0.29) is 11.7 Å². The smallest absolute Gasteiger partial charge is 0.368 e. The van der Waals surface area contributed by atoms with Crippen LogP contribution in [0, 0.1) is 0 Å². The molecular formula is C11H13F3N2O2S. The van der Waals surface area contributed by atoms with Crippen molar-refractivity contribution in [3.8, 4) is 0 Å². The van der Waals surface area contributed by atoms with Crippen LogP contribution in [0.4, 0.5) is 18.9 Å². The maximum absolute atomic E-state index is 12.6. The van der Waals surface area contributed by atoms with Crippen LogP contribution in [0.3, 0.4) is 0 Å². The maximum Gasteiger partial charge on any atom is 0.501 e. The quantitative estimate of drug-likeness (QED) is 0.915. The number of anilines is 1. The number of para-hydroxylation sites is 1. The fraction of sp³-hybridized carbons (Fsp3) is 0.455. The third-order valence-electron chi connectivity index (χ3n) is 3.15. The van der Waals surface area contributed by atoms with Crippen LogP contribution in [0.15, 0.2) is 29.2 Å². The van der Waals surface area contributed by atoms with Gasteiger partial charge in [0.05, 0.1) is 16.6 Å². The van der Waals surface area contributed by atoms with Crippen molar-refractivity contribution in [2.45, 2.75) is 16.4 Å². The molecule has 4 nitrogen and oxygen atoms in total. The van der Waals surface area contributed by atoms with Gasteiger partial charge in [0.2, 0.25) is 0 Å². The summed E-state index contributed by atoms with van der Waals surface area (Å²) in [6.07, 6.45) is 0. The Kier molecular flexibility index (Phi) is 3.48. The molecule has 0 bridgehead atoms. The van der Waals surface area contributed by atoms with E-state index in [1.165, 1.54) is 18.2 Å². The van der Waals surface area contributed by atoms with Crippen molar-refractivity contribution >= 4 is 15.5 Å². The van der Waals surface area contributed by atoms with Gasteiger partial charge in [-0.1, -0.05) is 12.1 Å².